The summed E-state index contributed by atoms with van der Waals surface area (Å²) in [6.45, 7) is 10.0. The Labute approximate surface area is 171 Å². The van der Waals surface area contributed by atoms with Crippen LogP contribution < -0.4 is 16.0 Å². The van der Waals surface area contributed by atoms with Crippen molar-refractivity contribution in [3.63, 3.8) is 0 Å². The largest absolute Gasteiger partial charge is 0.332 e. The Hall–Kier alpha value is -2.73. The fourth-order valence-electron chi connectivity index (χ4n) is 2.38. The summed E-state index contributed by atoms with van der Waals surface area (Å²) in [6, 6.07) is 14.7. The Bertz CT molecular complexity index is 851. The molecule has 0 aliphatic carbocycles. The van der Waals surface area contributed by atoms with Crippen molar-refractivity contribution < 1.29 is 9.59 Å². The van der Waals surface area contributed by atoms with Crippen molar-refractivity contribution in [2.75, 3.05) is 10.6 Å². The predicted molar refractivity (Wildman–Crippen MR) is 119 cm³/mol. The summed E-state index contributed by atoms with van der Waals surface area (Å²) in [5.41, 5.74) is 3.23. The molecule has 0 bridgehead atoms. The van der Waals surface area contributed by atoms with Gasteiger partial charge in [-0.1, -0.05) is 46.8 Å². The standard InChI is InChI=1S/C22H27N3O2S/c1-14(2)19(26)25-21(28)24-18-12-10-17(11-13-18)23-20(27)15-6-8-16(9-7-15)22(3,4)5/h6-14H,1-5H3,(H,23,27)(H2,24,25,26,28). The predicted octanol–water partition coefficient (Wildman–Crippen LogP) is 4.71. The molecule has 2 aromatic carbocycles. The van der Waals surface area contributed by atoms with Gasteiger partial charge in [-0.05, 0) is 59.6 Å². The molecule has 0 radical (unpaired) electrons. The van der Waals surface area contributed by atoms with Gasteiger partial charge in [0.05, 0.1) is 0 Å². The van der Waals surface area contributed by atoms with Gasteiger partial charge in [-0.15, -0.1) is 0 Å². The van der Waals surface area contributed by atoms with Crippen molar-refractivity contribution in [3.05, 3.63) is 59.7 Å². The number of hydrogen-bond donors (Lipinski definition) is 3. The molecule has 0 aliphatic heterocycles. The summed E-state index contributed by atoms with van der Waals surface area (Å²) in [5.74, 6) is -0.449. The van der Waals surface area contributed by atoms with Gasteiger partial charge in [-0.25, -0.2) is 0 Å². The number of rotatable bonds is 4. The van der Waals surface area contributed by atoms with Crippen LogP contribution in [0.2, 0.25) is 0 Å². The molecular weight excluding hydrogens is 370 g/mol. The zero-order valence-corrected chi connectivity index (χ0v) is 17.7. The van der Waals surface area contributed by atoms with Gasteiger partial charge in [0.1, 0.15) is 0 Å². The van der Waals surface area contributed by atoms with Gasteiger partial charge in [-0.3, -0.25) is 9.59 Å². The van der Waals surface area contributed by atoms with Crippen molar-refractivity contribution in [3.8, 4) is 0 Å². The van der Waals surface area contributed by atoms with Gasteiger partial charge in [0, 0.05) is 22.9 Å². The van der Waals surface area contributed by atoms with Crippen LogP contribution in [0.25, 0.3) is 0 Å². The molecule has 0 spiro atoms. The maximum atomic E-state index is 12.4. The first-order valence-corrected chi connectivity index (χ1v) is 9.61. The first-order valence-electron chi connectivity index (χ1n) is 9.20. The van der Waals surface area contributed by atoms with E-state index < -0.39 is 0 Å². The molecule has 0 unspecified atom stereocenters. The second-order valence-electron chi connectivity index (χ2n) is 7.96. The maximum absolute atomic E-state index is 12.4. The number of thiocarbonyl (C=S) groups is 1. The Morgan fingerprint density at radius 1 is 0.857 bits per heavy atom. The van der Waals surface area contributed by atoms with Gasteiger partial charge < -0.3 is 16.0 Å². The average Bonchev–Trinajstić information content (AvgIpc) is 2.62. The van der Waals surface area contributed by atoms with Crippen LogP contribution in [0.4, 0.5) is 11.4 Å². The lowest BCUT2D eigenvalue weighted by Crippen LogP contribution is -2.36. The molecule has 28 heavy (non-hydrogen) atoms. The smallest absolute Gasteiger partial charge is 0.255 e. The fraction of sp³-hybridized carbons (Fsp3) is 0.318. The average molecular weight is 398 g/mol. The zero-order valence-electron chi connectivity index (χ0n) is 16.9. The number of benzene rings is 2. The molecular formula is C22H27N3O2S. The highest BCUT2D eigenvalue weighted by Gasteiger charge is 2.14. The van der Waals surface area contributed by atoms with Gasteiger partial charge in [0.25, 0.3) is 5.91 Å². The Morgan fingerprint density at radius 2 is 1.36 bits per heavy atom. The number of carbonyl (C=O) groups excluding carboxylic acids is 2. The van der Waals surface area contributed by atoms with Crippen molar-refractivity contribution in [2.45, 2.75) is 40.0 Å². The van der Waals surface area contributed by atoms with Crippen molar-refractivity contribution in [1.29, 1.82) is 0 Å². The maximum Gasteiger partial charge on any atom is 0.255 e. The van der Waals surface area contributed by atoms with Crippen LogP contribution in [0.5, 0.6) is 0 Å². The van der Waals surface area contributed by atoms with Gasteiger partial charge >= 0.3 is 0 Å². The van der Waals surface area contributed by atoms with E-state index in [9.17, 15) is 9.59 Å². The monoisotopic (exact) mass is 397 g/mol. The summed E-state index contributed by atoms with van der Waals surface area (Å²) in [7, 11) is 0. The molecule has 0 atom stereocenters. The third-order valence-corrected chi connectivity index (χ3v) is 4.38. The lowest BCUT2D eigenvalue weighted by atomic mass is 9.87. The van der Waals surface area contributed by atoms with Crippen LogP contribution in [0.1, 0.15) is 50.5 Å². The van der Waals surface area contributed by atoms with E-state index >= 15 is 0 Å². The minimum absolute atomic E-state index is 0.0487. The highest BCUT2D eigenvalue weighted by atomic mass is 32.1. The van der Waals surface area contributed by atoms with Crippen LogP contribution in [0.3, 0.4) is 0 Å². The third-order valence-electron chi connectivity index (χ3n) is 4.17. The SMILES string of the molecule is CC(C)C(=O)NC(=S)Nc1ccc(NC(=O)c2ccc(C(C)(C)C)cc2)cc1. The number of nitrogens with one attached hydrogen (secondary N) is 3. The van der Waals surface area contributed by atoms with E-state index in [1.165, 1.54) is 5.56 Å². The Kier molecular flexibility index (Phi) is 6.91. The second-order valence-corrected chi connectivity index (χ2v) is 8.37. The van der Waals surface area contributed by atoms with Gasteiger partial charge in [-0.2, -0.15) is 0 Å². The summed E-state index contributed by atoms with van der Waals surface area (Å²) < 4.78 is 0. The van der Waals surface area contributed by atoms with E-state index in [-0.39, 0.29) is 28.3 Å². The van der Waals surface area contributed by atoms with Crippen LogP contribution in [-0.4, -0.2) is 16.9 Å². The number of anilines is 2. The van der Waals surface area contributed by atoms with Gasteiger partial charge in [0.15, 0.2) is 5.11 Å². The first-order chi connectivity index (χ1) is 13.1. The molecule has 2 rings (SSSR count). The minimum Gasteiger partial charge on any atom is -0.332 e. The van der Waals surface area contributed by atoms with Crippen LogP contribution in [0, 0.1) is 5.92 Å². The summed E-state index contributed by atoms with van der Waals surface area (Å²) in [5, 5.41) is 8.69. The van der Waals surface area contributed by atoms with Crippen molar-refractivity contribution in [1.82, 2.24) is 5.32 Å². The van der Waals surface area contributed by atoms with E-state index in [1.807, 2.05) is 24.3 Å². The second kappa shape index (κ2) is 8.97. The van der Waals surface area contributed by atoms with Crippen molar-refractivity contribution in [2.24, 2.45) is 5.92 Å². The molecule has 0 saturated carbocycles. The Morgan fingerprint density at radius 3 is 1.82 bits per heavy atom. The van der Waals surface area contributed by atoms with Crippen LogP contribution in [0.15, 0.2) is 48.5 Å². The molecule has 0 aliphatic rings. The molecule has 2 aromatic rings. The lowest BCUT2D eigenvalue weighted by Gasteiger charge is -2.19. The number of hydrogen-bond acceptors (Lipinski definition) is 3. The van der Waals surface area contributed by atoms with Crippen LogP contribution >= 0.6 is 12.2 Å². The van der Waals surface area contributed by atoms with E-state index in [4.69, 9.17) is 12.2 Å². The normalized spacial score (nSPS) is 11.1. The van der Waals surface area contributed by atoms with Gasteiger partial charge in [0.2, 0.25) is 5.91 Å². The third kappa shape index (κ3) is 6.16. The minimum atomic E-state index is -0.166. The van der Waals surface area contributed by atoms with E-state index in [0.717, 1.165) is 5.69 Å². The van der Waals surface area contributed by atoms with Crippen LogP contribution in [-0.2, 0) is 10.2 Å². The summed E-state index contributed by atoms with van der Waals surface area (Å²) in [4.78, 5) is 24.1. The molecule has 0 fully saturated rings. The molecule has 3 N–H and O–H groups in total. The lowest BCUT2D eigenvalue weighted by molar-refractivity contribution is -0.122. The highest BCUT2D eigenvalue weighted by molar-refractivity contribution is 7.80. The molecule has 0 heterocycles. The fourth-order valence-corrected chi connectivity index (χ4v) is 2.60. The number of amides is 2. The van der Waals surface area contributed by atoms with E-state index in [2.05, 4.69) is 36.7 Å². The molecule has 148 valence electrons. The van der Waals surface area contributed by atoms with E-state index in [0.29, 0.717) is 11.3 Å². The molecule has 0 saturated heterocycles. The summed E-state index contributed by atoms with van der Waals surface area (Å²) in [6.07, 6.45) is 0. The quantitative estimate of drug-likeness (QED) is 0.654. The Balaban J connectivity index is 1.95. The molecule has 0 aromatic heterocycles. The highest BCUT2D eigenvalue weighted by Crippen LogP contribution is 2.22. The zero-order chi connectivity index (χ0) is 20.9. The first kappa shape index (κ1) is 21.6. The molecule has 2 amide bonds. The topological polar surface area (TPSA) is 70.2 Å². The number of carbonyl (C=O) groups is 2. The van der Waals surface area contributed by atoms with Crippen molar-refractivity contribution >= 4 is 40.5 Å². The molecule has 5 nitrogen and oxygen atoms in total. The summed E-state index contributed by atoms with van der Waals surface area (Å²) >= 11 is 5.12. The molecule has 6 heteroatoms. The van der Waals surface area contributed by atoms with E-state index in [1.54, 1.807) is 38.1 Å².